The van der Waals surface area contributed by atoms with Crippen molar-refractivity contribution in [2.45, 2.75) is 12.8 Å². The first-order chi connectivity index (χ1) is 7.74. The fraction of sp³-hybridized carbons (Fsp3) is 0.417. The topological polar surface area (TPSA) is 55.1 Å². The highest BCUT2D eigenvalue weighted by Crippen LogP contribution is 2.12. The summed E-state index contributed by atoms with van der Waals surface area (Å²) in [5.41, 5.74) is 7.60. The largest absolute Gasteiger partial charge is 0.399 e. The minimum atomic E-state index is 0.0947. The van der Waals surface area contributed by atoms with E-state index in [0.717, 1.165) is 23.5 Å². The second-order valence-electron chi connectivity index (χ2n) is 3.54. The van der Waals surface area contributed by atoms with Gasteiger partial charge in [0.25, 0.3) is 0 Å². The average molecular weight is 238 g/mol. The van der Waals surface area contributed by atoms with Gasteiger partial charge in [-0.05, 0) is 24.3 Å². The standard InChI is InChI=1S/C12H18N2OS/c1-16-9-8-14-12(15)7-6-10-4-2-3-5-11(10)13/h2-5H,6-9,13H2,1H3,(H,14,15). The molecule has 0 radical (unpaired) electrons. The molecule has 0 unspecified atom stereocenters. The fourth-order valence-electron chi connectivity index (χ4n) is 1.39. The number of nitrogens with two attached hydrogens (primary N) is 1. The SMILES string of the molecule is CSCCNC(=O)CCc1ccccc1N. The van der Waals surface area contributed by atoms with Gasteiger partial charge in [0.05, 0.1) is 0 Å². The van der Waals surface area contributed by atoms with E-state index < -0.39 is 0 Å². The molecule has 0 heterocycles. The van der Waals surface area contributed by atoms with E-state index in [1.807, 2.05) is 30.5 Å². The Morgan fingerprint density at radius 3 is 2.88 bits per heavy atom. The van der Waals surface area contributed by atoms with E-state index >= 15 is 0 Å². The fourth-order valence-corrected chi connectivity index (χ4v) is 1.70. The predicted molar refractivity (Wildman–Crippen MR) is 70.6 cm³/mol. The number of anilines is 1. The van der Waals surface area contributed by atoms with Crippen molar-refractivity contribution in [1.29, 1.82) is 0 Å². The van der Waals surface area contributed by atoms with Crippen molar-refractivity contribution in [1.82, 2.24) is 5.32 Å². The number of carbonyl (C=O) groups is 1. The lowest BCUT2D eigenvalue weighted by atomic mass is 10.1. The van der Waals surface area contributed by atoms with Crippen LogP contribution in [0.15, 0.2) is 24.3 Å². The highest BCUT2D eigenvalue weighted by Gasteiger charge is 2.03. The molecule has 0 saturated carbocycles. The van der Waals surface area contributed by atoms with Gasteiger partial charge in [0.2, 0.25) is 5.91 Å². The summed E-state index contributed by atoms with van der Waals surface area (Å²) < 4.78 is 0. The van der Waals surface area contributed by atoms with Crippen LogP contribution < -0.4 is 11.1 Å². The molecule has 4 heteroatoms. The van der Waals surface area contributed by atoms with Crippen LogP contribution in [0.4, 0.5) is 5.69 Å². The van der Waals surface area contributed by atoms with Gasteiger partial charge >= 0.3 is 0 Å². The maximum Gasteiger partial charge on any atom is 0.220 e. The first kappa shape index (κ1) is 12.9. The van der Waals surface area contributed by atoms with Crippen molar-refractivity contribution in [3.8, 4) is 0 Å². The number of nitrogens with one attached hydrogen (secondary N) is 1. The van der Waals surface area contributed by atoms with Crippen molar-refractivity contribution in [3.05, 3.63) is 29.8 Å². The van der Waals surface area contributed by atoms with E-state index in [1.54, 1.807) is 11.8 Å². The third-order valence-electron chi connectivity index (χ3n) is 2.30. The maximum absolute atomic E-state index is 11.4. The lowest BCUT2D eigenvalue weighted by Gasteiger charge is -2.06. The first-order valence-corrected chi connectivity index (χ1v) is 6.72. The highest BCUT2D eigenvalue weighted by atomic mass is 32.2. The molecule has 3 N–H and O–H groups in total. The Balaban J connectivity index is 2.29. The second-order valence-corrected chi connectivity index (χ2v) is 4.53. The number of thioether (sulfide) groups is 1. The van der Waals surface area contributed by atoms with Crippen LogP contribution in [0.25, 0.3) is 0 Å². The second kappa shape index (κ2) is 7.17. The summed E-state index contributed by atoms with van der Waals surface area (Å²) >= 11 is 1.73. The Hall–Kier alpha value is -1.16. The Morgan fingerprint density at radius 2 is 2.19 bits per heavy atom. The third-order valence-corrected chi connectivity index (χ3v) is 2.92. The summed E-state index contributed by atoms with van der Waals surface area (Å²) in [5.74, 6) is 1.05. The molecule has 0 atom stereocenters. The van der Waals surface area contributed by atoms with Crippen molar-refractivity contribution >= 4 is 23.4 Å². The number of para-hydroxylation sites is 1. The molecule has 3 nitrogen and oxygen atoms in total. The molecule has 0 aliphatic carbocycles. The number of benzene rings is 1. The van der Waals surface area contributed by atoms with Crippen LogP contribution in [-0.4, -0.2) is 24.5 Å². The number of carbonyl (C=O) groups excluding carboxylic acids is 1. The van der Waals surface area contributed by atoms with Crippen LogP contribution in [0.2, 0.25) is 0 Å². The van der Waals surface area contributed by atoms with Crippen molar-refractivity contribution < 1.29 is 4.79 Å². The smallest absolute Gasteiger partial charge is 0.220 e. The van der Waals surface area contributed by atoms with Crippen LogP contribution >= 0.6 is 11.8 Å². The molecule has 0 saturated heterocycles. The normalized spacial score (nSPS) is 10.1. The zero-order chi connectivity index (χ0) is 11.8. The summed E-state index contributed by atoms with van der Waals surface area (Å²) in [6.07, 6.45) is 3.23. The minimum Gasteiger partial charge on any atom is -0.399 e. The van der Waals surface area contributed by atoms with Crippen molar-refractivity contribution in [2.24, 2.45) is 0 Å². The lowest BCUT2D eigenvalue weighted by Crippen LogP contribution is -2.25. The van der Waals surface area contributed by atoms with Gasteiger partial charge in [0, 0.05) is 24.4 Å². The van der Waals surface area contributed by atoms with Gasteiger partial charge in [-0.1, -0.05) is 18.2 Å². The molecule has 0 bridgehead atoms. The van der Waals surface area contributed by atoms with Gasteiger partial charge in [-0.15, -0.1) is 0 Å². The van der Waals surface area contributed by atoms with Gasteiger partial charge in [-0.25, -0.2) is 0 Å². The van der Waals surface area contributed by atoms with Crippen LogP contribution in [-0.2, 0) is 11.2 Å². The molecule has 88 valence electrons. The van der Waals surface area contributed by atoms with Crippen LogP contribution in [0.5, 0.6) is 0 Å². The quantitative estimate of drug-likeness (QED) is 0.585. The molecule has 0 fully saturated rings. The van der Waals surface area contributed by atoms with Gasteiger partial charge in [-0.2, -0.15) is 11.8 Å². The van der Waals surface area contributed by atoms with Gasteiger partial charge < -0.3 is 11.1 Å². The van der Waals surface area contributed by atoms with E-state index in [-0.39, 0.29) is 5.91 Å². The predicted octanol–water partition coefficient (Wildman–Crippen LogP) is 1.68. The molecule has 0 spiro atoms. The monoisotopic (exact) mass is 238 g/mol. The number of hydrogen-bond donors (Lipinski definition) is 2. The molecule has 0 aromatic heterocycles. The van der Waals surface area contributed by atoms with E-state index in [0.29, 0.717) is 12.8 Å². The molecular weight excluding hydrogens is 220 g/mol. The van der Waals surface area contributed by atoms with Gasteiger partial charge in [0.15, 0.2) is 0 Å². The van der Waals surface area contributed by atoms with E-state index in [9.17, 15) is 4.79 Å². The Morgan fingerprint density at radius 1 is 1.44 bits per heavy atom. The minimum absolute atomic E-state index is 0.0947. The molecule has 16 heavy (non-hydrogen) atoms. The molecular formula is C12H18N2OS. The molecule has 1 aromatic rings. The lowest BCUT2D eigenvalue weighted by molar-refractivity contribution is -0.120. The van der Waals surface area contributed by atoms with Crippen LogP contribution in [0.1, 0.15) is 12.0 Å². The molecule has 1 amide bonds. The van der Waals surface area contributed by atoms with Crippen molar-refractivity contribution in [2.75, 3.05) is 24.3 Å². The molecule has 0 aliphatic heterocycles. The van der Waals surface area contributed by atoms with Gasteiger partial charge in [0.1, 0.15) is 0 Å². The summed E-state index contributed by atoms with van der Waals surface area (Å²) in [6, 6.07) is 7.67. The number of rotatable bonds is 6. The van der Waals surface area contributed by atoms with E-state index in [4.69, 9.17) is 5.73 Å². The summed E-state index contributed by atoms with van der Waals surface area (Å²) in [6.45, 7) is 0.740. The Bertz CT molecular complexity index is 342. The third kappa shape index (κ3) is 4.57. The number of nitrogen functional groups attached to an aromatic ring is 1. The zero-order valence-electron chi connectivity index (χ0n) is 9.53. The zero-order valence-corrected chi connectivity index (χ0v) is 10.3. The van der Waals surface area contributed by atoms with Crippen LogP contribution in [0, 0.1) is 0 Å². The maximum atomic E-state index is 11.4. The molecule has 1 rings (SSSR count). The molecule has 1 aromatic carbocycles. The Kier molecular flexibility index (Phi) is 5.78. The number of aryl methyl sites for hydroxylation is 1. The summed E-state index contributed by atoms with van der Waals surface area (Å²) in [7, 11) is 0. The number of hydrogen-bond acceptors (Lipinski definition) is 3. The van der Waals surface area contributed by atoms with E-state index in [2.05, 4.69) is 5.32 Å². The Labute approximate surface area is 101 Å². The van der Waals surface area contributed by atoms with Crippen LogP contribution in [0.3, 0.4) is 0 Å². The molecule has 0 aliphatic rings. The summed E-state index contributed by atoms with van der Waals surface area (Å²) in [5, 5.41) is 2.87. The summed E-state index contributed by atoms with van der Waals surface area (Å²) in [4.78, 5) is 11.4. The average Bonchev–Trinajstić information content (AvgIpc) is 2.28. The number of amides is 1. The van der Waals surface area contributed by atoms with E-state index in [1.165, 1.54) is 0 Å². The highest BCUT2D eigenvalue weighted by molar-refractivity contribution is 7.98. The van der Waals surface area contributed by atoms with Crippen molar-refractivity contribution in [3.63, 3.8) is 0 Å². The first-order valence-electron chi connectivity index (χ1n) is 5.33. The van der Waals surface area contributed by atoms with Gasteiger partial charge in [-0.3, -0.25) is 4.79 Å².